The van der Waals surface area contributed by atoms with Crippen molar-refractivity contribution in [1.82, 2.24) is 19.7 Å². The molecule has 18 heavy (non-hydrogen) atoms. The van der Waals surface area contributed by atoms with E-state index in [0.29, 0.717) is 16.9 Å². The molecule has 0 saturated heterocycles. The van der Waals surface area contributed by atoms with Crippen molar-refractivity contribution in [1.29, 1.82) is 0 Å². The molecule has 4 nitrogen and oxygen atoms in total. The first-order valence-corrected chi connectivity index (χ1v) is 7.12. The van der Waals surface area contributed by atoms with E-state index in [-0.39, 0.29) is 0 Å². The standard InChI is InChI=1S/C12H12BrClN4/c1-2-18-6-8(5-15-18)12-16-10(7-3-4-7)9(13)11(14)17-12/h5-7H,2-4H2,1H3. The van der Waals surface area contributed by atoms with Crippen LogP contribution in [0.4, 0.5) is 0 Å². The average molecular weight is 328 g/mol. The lowest BCUT2D eigenvalue weighted by Crippen LogP contribution is -1.97. The summed E-state index contributed by atoms with van der Waals surface area (Å²) in [5, 5.41) is 4.71. The summed E-state index contributed by atoms with van der Waals surface area (Å²) in [6, 6.07) is 0. The van der Waals surface area contributed by atoms with Crippen molar-refractivity contribution in [2.45, 2.75) is 32.2 Å². The molecule has 0 unspecified atom stereocenters. The van der Waals surface area contributed by atoms with Crippen LogP contribution in [-0.4, -0.2) is 19.7 Å². The van der Waals surface area contributed by atoms with Crippen molar-refractivity contribution in [2.75, 3.05) is 0 Å². The van der Waals surface area contributed by atoms with Crippen LogP contribution in [0.3, 0.4) is 0 Å². The summed E-state index contributed by atoms with van der Waals surface area (Å²) in [6.45, 7) is 2.88. The molecule has 0 atom stereocenters. The van der Waals surface area contributed by atoms with Gasteiger partial charge in [0.25, 0.3) is 0 Å². The van der Waals surface area contributed by atoms with E-state index in [1.807, 2.05) is 17.8 Å². The van der Waals surface area contributed by atoms with Crippen LogP contribution in [0.25, 0.3) is 11.4 Å². The van der Waals surface area contributed by atoms with Gasteiger partial charge in [0.1, 0.15) is 5.15 Å². The van der Waals surface area contributed by atoms with Crippen molar-refractivity contribution >= 4 is 27.5 Å². The highest BCUT2D eigenvalue weighted by Crippen LogP contribution is 2.44. The van der Waals surface area contributed by atoms with Crippen molar-refractivity contribution in [3.63, 3.8) is 0 Å². The molecular weight excluding hydrogens is 316 g/mol. The molecule has 1 aliphatic carbocycles. The molecule has 1 saturated carbocycles. The summed E-state index contributed by atoms with van der Waals surface area (Å²) >= 11 is 9.62. The first-order chi connectivity index (χ1) is 8.69. The van der Waals surface area contributed by atoms with Crippen LogP contribution < -0.4 is 0 Å². The fourth-order valence-corrected chi connectivity index (χ4v) is 2.52. The zero-order valence-corrected chi connectivity index (χ0v) is 12.2. The van der Waals surface area contributed by atoms with E-state index in [1.165, 1.54) is 12.8 Å². The van der Waals surface area contributed by atoms with Crippen LogP contribution in [0.1, 0.15) is 31.4 Å². The van der Waals surface area contributed by atoms with Gasteiger partial charge in [-0.15, -0.1) is 0 Å². The van der Waals surface area contributed by atoms with Gasteiger partial charge in [0.05, 0.1) is 21.9 Å². The van der Waals surface area contributed by atoms with Crippen LogP contribution >= 0.6 is 27.5 Å². The molecule has 1 fully saturated rings. The number of halogens is 2. The Balaban J connectivity index is 2.06. The molecule has 94 valence electrons. The summed E-state index contributed by atoms with van der Waals surface area (Å²) in [7, 11) is 0. The van der Waals surface area contributed by atoms with Crippen LogP contribution in [0.15, 0.2) is 16.9 Å². The van der Waals surface area contributed by atoms with Crippen LogP contribution in [-0.2, 0) is 6.54 Å². The van der Waals surface area contributed by atoms with Gasteiger partial charge in [-0.25, -0.2) is 9.97 Å². The SMILES string of the molecule is CCn1cc(-c2nc(Cl)c(Br)c(C3CC3)n2)cn1. The van der Waals surface area contributed by atoms with Crippen molar-refractivity contribution in [3.05, 3.63) is 27.7 Å². The summed E-state index contributed by atoms with van der Waals surface area (Å²) in [4.78, 5) is 8.93. The molecule has 0 bridgehead atoms. The Morgan fingerprint density at radius 2 is 2.22 bits per heavy atom. The lowest BCUT2D eigenvalue weighted by atomic mass is 10.2. The smallest absolute Gasteiger partial charge is 0.164 e. The van der Waals surface area contributed by atoms with Crippen molar-refractivity contribution in [3.8, 4) is 11.4 Å². The van der Waals surface area contributed by atoms with Gasteiger partial charge in [0.2, 0.25) is 0 Å². The van der Waals surface area contributed by atoms with E-state index in [4.69, 9.17) is 11.6 Å². The fraction of sp³-hybridized carbons (Fsp3) is 0.417. The largest absolute Gasteiger partial charge is 0.272 e. The second-order valence-electron chi connectivity index (χ2n) is 4.40. The molecule has 3 rings (SSSR count). The molecule has 1 aliphatic rings. The van der Waals surface area contributed by atoms with Gasteiger partial charge in [-0.3, -0.25) is 4.68 Å². The highest BCUT2D eigenvalue weighted by atomic mass is 79.9. The minimum absolute atomic E-state index is 0.478. The molecule has 0 amide bonds. The summed E-state index contributed by atoms with van der Waals surface area (Å²) in [6.07, 6.45) is 6.08. The highest BCUT2D eigenvalue weighted by molar-refractivity contribution is 9.10. The summed E-state index contributed by atoms with van der Waals surface area (Å²) < 4.78 is 2.68. The molecular formula is C12H12BrClN4. The van der Waals surface area contributed by atoms with Crippen LogP contribution in [0, 0.1) is 0 Å². The predicted octanol–water partition coefficient (Wildman–Crippen LogP) is 3.65. The van der Waals surface area contributed by atoms with E-state index in [0.717, 1.165) is 22.3 Å². The Kier molecular flexibility index (Phi) is 3.11. The average Bonchev–Trinajstić information content (AvgIpc) is 3.09. The monoisotopic (exact) mass is 326 g/mol. The Morgan fingerprint density at radius 1 is 1.44 bits per heavy atom. The predicted molar refractivity (Wildman–Crippen MR) is 73.6 cm³/mol. The maximum absolute atomic E-state index is 6.16. The number of hydrogen-bond acceptors (Lipinski definition) is 3. The Morgan fingerprint density at radius 3 is 2.83 bits per heavy atom. The molecule has 0 aliphatic heterocycles. The Labute approximate surface area is 119 Å². The zero-order valence-electron chi connectivity index (χ0n) is 9.90. The molecule has 0 N–H and O–H groups in total. The van der Waals surface area contributed by atoms with E-state index in [9.17, 15) is 0 Å². The molecule has 0 aromatic carbocycles. The van der Waals surface area contributed by atoms with E-state index in [2.05, 4.69) is 31.0 Å². The van der Waals surface area contributed by atoms with Crippen LogP contribution in [0.2, 0.25) is 5.15 Å². The first-order valence-electron chi connectivity index (χ1n) is 5.94. The normalized spacial score (nSPS) is 15.1. The lowest BCUT2D eigenvalue weighted by Gasteiger charge is -2.05. The molecule has 2 aromatic heterocycles. The van der Waals surface area contributed by atoms with Crippen molar-refractivity contribution in [2.24, 2.45) is 0 Å². The molecule has 0 radical (unpaired) electrons. The van der Waals surface area contributed by atoms with Gasteiger partial charge in [0, 0.05) is 18.7 Å². The van der Waals surface area contributed by atoms with Gasteiger partial charge < -0.3 is 0 Å². The lowest BCUT2D eigenvalue weighted by molar-refractivity contribution is 0.660. The molecule has 2 heterocycles. The van der Waals surface area contributed by atoms with Gasteiger partial charge >= 0.3 is 0 Å². The minimum atomic E-state index is 0.478. The first kappa shape index (κ1) is 12.1. The second-order valence-corrected chi connectivity index (χ2v) is 5.55. The van der Waals surface area contributed by atoms with E-state index < -0.39 is 0 Å². The highest BCUT2D eigenvalue weighted by Gasteiger charge is 2.29. The third-order valence-electron chi connectivity index (χ3n) is 3.02. The summed E-state index contributed by atoms with van der Waals surface area (Å²) in [5.74, 6) is 1.18. The third kappa shape index (κ3) is 2.17. The van der Waals surface area contributed by atoms with Gasteiger partial charge in [-0.2, -0.15) is 5.10 Å². The number of aryl methyl sites for hydroxylation is 1. The quantitative estimate of drug-likeness (QED) is 0.808. The van der Waals surface area contributed by atoms with E-state index >= 15 is 0 Å². The number of aromatic nitrogens is 4. The van der Waals surface area contributed by atoms with Gasteiger partial charge in [0.15, 0.2) is 5.82 Å². The fourth-order valence-electron chi connectivity index (χ4n) is 1.84. The Hall–Kier alpha value is -0.940. The van der Waals surface area contributed by atoms with Crippen LogP contribution in [0.5, 0.6) is 0 Å². The third-order valence-corrected chi connectivity index (χ3v) is 4.30. The van der Waals surface area contributed by atoms with Gasteiger partial charge in [-0.05, 0) is 35.7 Å². The minimum Gasteiger partial charge on any atom is -0.272 e. The summed E-state index contributed by atoms with van der Waals surface area (Å²) in [5.41, 5.74) is 1.93. The maximum Gasteiger partial charge on any atom is 0.164 e. The molecule has 2 aromatic rings. The number of hydrogen-bond donors (Lipinski definition) is 0. The zero-order chi connectivity index (χ0) is 12.7. The Bertz CT molecular complexity index is 592. The maximum atomic E-state index is 6.16. The van der Waals surface area contributed by atoms with E-state index in [1.54, 1.807) is 6.20 Å². The number of nitrogens with zero attached hydrogens (tertiary/aromatic N) is 4. The van der Waals surface area contributed by atoms with Crippen molar-refractivity contribution < 1.29 is 0 Å². The topological polar surface area (TPSA) is 43.6 Å². The second kappa shape index (κ2) is 4.63. The molecule has 0 spiro atoms. The van der Waals surface area contributed by atoms with Gasteiger partial charge in [-0.1, -0.05) is 11.6 Å². The number of rotatable bonds is 3. The molecule has 6 heteroatoms.